The van der Waals surface area contributed by atoms with Crippen molar-refractivity contribution < 1.29 is 28.2 Å². The predicted octanol–water partition coefficient (Wildman–Crippen LogP) is 8.14. The number of nitrogens with one attached hydrogen (secondary N) is 1. The van der Waals surface area contributed by atoms with E-state index in [1.54, 1.807) is 45.9 Å². The van der Waals surface area contributed by atoms with Crippen molar-refractivity contribution >= 4 is 12.1 Å². The van der Waals surface area contributed by atoms with Crippen LogP contribution in [0.3, 0.4) is 0 Å². The minimum Gasteiger partial charge on any atom is -0.489 e. The predicted molar refractivity (Wildman–Crippen MR) is 174 cm³/mol. The molecular formula is C37H47FN2O5. The lowest BCUT2D eigenvalue weighted by Crippen LogP contribution is -2.34. The molecule has 1 saturated heterocycles. The lowest BCUT2D eigenvalue weighted by atomic mass is 9.96. The van der Waals surface area contributed by atoms with Crippen molar-refractivity contribution in [2.45, 2.75) is 98.1 Å². The lowest BCUT2D eigenvalue weighted by Gasteiger charge is -2.23. The molecule has 0 aliphatic carbocycles. The van der Waals surface area contributed by atoms with Gasteiger partial charge in [0.25, 0.3) is 0 Å². The van der Waals surface area contributed by atoms with Gasteiger partial charge in [0.05, 0.1) is 12.5 Å². The van der Waals surface area contributed by atoms with Gasteiger partial charge in [0, 0.05) is 23.2 Å². The van der Waals surface area contributed by atoms with E-state index < -0.39 is 29.2 Å². The average molecular weight is 619 g/mol. The highest BCUT2D eigenvalue weighted by Gasteiger charge is 2.22. The van der Waals surface area contributed by atoms with Crippen LogP contribution in [0.5, 0.6) is 5.75 Å². The first kappa shape index (κ1) is 34.0. The van der Waals surface area contributed by atoms with Crippen LogP contribution in [0, 0.1) is 5.82 Å². The van der Waals surface area contributed by atoms with Gasteiger partial charge in [-0.1, -0.05) is 42.5 Å². The third-order valence-electron chi connectivity index (χ3n) is 7.32. The van der Waals surface area contributed by atoms with Gasteiger partial charge in [-0.05, 0) is 109 Å². The van der Waals surface area contributed by atoms with Gasteiger partial charge in [0.2, 0.25) is 0 Å². The fraction of sp³-hybridized carbons (Fsp3) is 0.459. The molecule has 1 fully saturated rings. The number of hydrogen-bond donors (Lipinski definition) is 1. The minimum absolute atomic E-state index is 0.0984. The van der Waals surface area contributed by atoms with Crippen LogP contribution in [0.25, 0.3) is 11.1 Å². The molecule has 1 N–H and O–H groups in total. The normalized spacial score (nSPS) is 14.6. The molecule has 45 heavy (non-hydrogen) atoms. The van der Waals surface area contributed by atoms with Crippen LogP contribution in [0.2, 0.25) is 0 Å². The van der Waals surface area contributed by atoms with E-state index in [0.29, 0.717) is 16.9 Å². The monoisotopic (exact) mass is 618 g/mol. The first-order chi connectivity index (χ1) is 21.2. The van der Waals surface area contributed by atoms with Gasteiger partial charge in [0.1, 0.15) is 29.4 Å². The van der Waals surface area contributed by atoms with Gasteiger partial charge < -0.3 is 19.5 Å². The summed E-state index contributed by atoms with van der Waals surface area (Å²) in [7, 11) is 0. The quantitative estimate of drug-likeness (QED) is 0.231. The topological polar surface area (TPSA) is 77.1 Å². The molecular weight excluding hydrogens is 571 g/mol. The molecule has 8 heteroatoms. The number of nitrogens with zero attached hydrogens (tertiary/aromatic N) is 1. The van der Waals surface area contributed by atoms with Crippen LogP contribution in [0.4, 0.5) is 9.18 Å². The minimum atomic E-state index is -0.658. The molecule has 4 rings (SSSR count). The van der Waals surface area contributed by atoms with Crippen molar-refractivity contribution in [2.24, 2.45) is 0 Å². The lowest BCUT2D eigenvalue weighted by molar-refractivity contribution is -0.153. The van der Waals surface area contributed by atoms with E-state index in [4.69, 9.17) is 14.2 Å². The van der Waals surface area contributed by atoms with Gasteiger partial charge in [-0.15, -0.1) is 0 Å². The molecule has 1 heterocycles. The Bertz CT molecular complexity index is 1480. The Morgan fingerprint density at radius 2 is 1.56 bits per heavy atom. The molecule has 0 aromatic heterocycles. The third-order valence-corrected chi connectivity index (χ3v) is 7.32. The number of para-hydroxylation sites is 1. The Morgan fingerprint density at radius 1 is 0.889 bits per heavy atom. The third kappa shape index (κ3) is 10.3. The Labute approximate surface area is 267 Å². The molecule has 242 valence electrons. The van der Waals surface area contributed by atoms with Crippen LogP contribution < -0.4 is 10.1 Å². The molecule has 3 aromatic carbocycles. The van der Waals surface area contributed by atoms with Crippen molar-refractivity contribution in [3.8, 4) is 16.9 Å². The number of ether oxygens (including phenoxy) is 3. The van der Waals surface area contributed by atoms with Gasteiger partial charge in [-0.2, -0.15) is 0 Å². The number of rotatable bonds is 10. The molecule has 1 atom stereocenters. The SMILES string of the molecule is CC(NC(=O)OC(C)(C)C)c1cccc(-c2cc(COc3ccccc3CC(=O)OC(C)(C)C)cc(CN3CCCC3)c2)c1F. The highest BCUT2D eigenvalue weighted by atomic mass is 19.1. The number of esters is 1. The Balaban J connectivity index is 1.60. The maximum absolute atomic E-state index is 16.1. The van der Waals surface area contributed by atoms with E-state index in [0.717, 1.165) is 41.9 Å². The molecule has 1 unspecified atom stereocenters. The van der Waals surface area contributed by atoms with Crippen LogP contribution >= 0.6 is 0 Å². The molecule has 1 aliphatic rings. The average Bonchev–Trinajstić information content (AvgIpc) is 3.43. The zero-order valence-corrected chi connectivity index (χ0v) is 27.7. The molecule has 7 nitrogen and oxygen atoms in total. The first-order valence-corrected chi connectivity index (χ1v) is 15.7. The summed E-state index contributed by atoms with van der Waals surface area (Å²) in [5.74, 6) is -0.113. The summed E-state index contributed by atoms with van der Waals surface area (Å²) in [5, 5.41) is 2.75. The second kappa shape index (κ2) is 14.5. The maximum Gasteiger partial charge on any atom is 0.408 e. The van der Waals surface area contributed by atoms with E-state index in [2.05, 4.69) is 16.3 Å². The summed E-state index contributed by atoms with van der Waals surface area (Å²) in [5.41, 5.74) is 3.02. The van der Waals surface area contributed by atoms with Gasteiger partial charge in [0.15, 0.2) is 0 Å². The molecule has 0 bridgehead atoms. The first-order valence-electron chi connectivity index (χ1n) is 15.7. The molecule has 1 aliphatic heterocycles. The largest absolute Gasteiger partial charge is 0.489 e. The highest BCUT2D eigenvalue weighted by molar-refractivity contribution is 5.74. The molecule has 0 saturated carbocycles. The van der Waals surface area contributed by atoms with Gasteiger partial charge in [-0.25, -0.2) is 9.18 Å². The summed E-state index contributed by atoms with van der Waals surface area (Å²) in [6, 6.07) is 18.2. The number of carbonyl (C=O) groups is 2. The van der Waals surface area contributed by atoms with Crippen molar-refractivity contribution in [1.29, 1.82) is 0 Å². The molecule has 0 spiro atoms. The van der Waals surface area contributed by atoms with Gasteiger partial charge in [-0.3, -0.25) is 9.69 Å². The summed E-state index contributed by atoms with van der Waals surface area (Å²) in [4.78, 5) is 27.3. The van der Waals surface area contributed by atoms with Crippen LogP contribution in [0.15, 0.2) is 60.7 Å². The number of likely N-dealkylation sites (tertiary alicyclic amines) is 1. The van der Waals surface area contributed by atoms with E-state index in [1.165, 1.54) is 12.8 Å². The molecule has 0 radical (unpaired) electrons. The van der Waals surface area contributed by atoms with Crippen molar-refractivity contribution in [1.82, 2.24) is 10.2 Å². The van der Waals surface area contributed by atoms with E-state index in [1.807, 2.05) is 57.2 Å². The van der Waals surface area contributed by atoms with Crippen LogP contribution in [-0.4, -0.2) is 41.3 Å². The number of carbonyl (C=O) groups excluding carboxylic acids is 2. The second-order valence-electron chi connectivity index (χ2n) is 13.8. The summed E-state index contributed by atoms with van der Waals surface area (Å²) >= 11 is 0. The van der Waals surface area contributed by atoms with Crippen LogP contribution in [-0.2, 0) is 33.8 Å². The summed E-state index contributed by atoms with van der Waals surface area (Å²) in [6.07, 6.45) is 1.84. The standard InChI is InChI=1S/C37H47FN2O5/c1-25(39-35(42)45-37(5,6)7)30-14-12-15-31(34(30)38)29-20-26(23-40-17-10-11-18-40)19-27(21-29)24-43-32-16-9-8-13-28(32)22-33(41)44-36(2,3)4/h8-9,12-16,19-21,25H,10-11,17-18,22-24H2,1-7H3,(H,39,42). The van der Waals surface area contributed by atoms with Crippen LogP contribution in [0.1, 0.15) is 89.6 Å². The van der Waals surface area contributed by atoms with E-state index in [-0.39, 0.29) is 19.0 Å². The van der Waals surface area contributed by atoms with E-state index >= 15 is 4.39 Å². The maximum atomic E-state index is 16.1. The zero-order chi connectivity index (χ0) is 32.8. The Morgan fingerprint density at radius 3 is 2.24 bits per heavy atom. The Hall–Kier alpha value is -3.91. The van der Waals surface area contributed by atoms with Gasteiger partial charge >= 0.3 is 12.1 Å². The molecule has 3 aromatic rings. The fourth-order valence-corrected chi connectivity index (χ4v) is 5.45. The zero-order valence-electron chi connectivity index (χ0n) is 27.7. The number of halogens is 1. The highest BCUT2D eigenvalue weighted by Crippen LogP contribution is 2.31. The van der Waals surface area contributed by atoms with Crippen molar-refractivity contribution in [2.75, 3.05) is 13.1 Å². The second-order valence-corrected chi connectivity index (χ2v) is 13.8. The number of hydrogen-bond acceptors (Lipinski definition) is 6. The summed E-state index contributed by atoms with van der Waals surface area (Å²) in [6.45, 7) is 15.7. The number of alkyl carbamates (subject to hydrolysis) is 1. The summed E-state index contributed by atoms with van der Waals surface area (Å²) < 4.78 is 33.3. The smallest absolute Gasteiger partial charge is 0.408 e. The number of benzene rings is 3. The molecule has 1 amide bonds. The van der Waals surface area contributed by atoms with Crippen molar-refractivity contribution in [3.63, 3.8) is 0 Å². The number of amides is 1. The Kier molecular flexibility index (Phi) is 10.9. The van der Waals surface area contributed by atoms with Crippen molar-refractivity contribution in [3.05, 3.63) is 88.7 Å². The fourth-order valence-electron chi connectivity index (χ4n) is 5.45. The van der Waals surface area contributed by atoms with E-state index in [9.17, 15) is 9.59 Å².